The zero-order chi connectivity index (χ0) is 17.3. The maximum atomic E-state index is 5.85. The molecule has 1 atom stereocenters. The van der Waals surface area contributed by atoms with Gasteiger partial charge in [0.25, 0.3) is 5.89 Å². The summed E-state index contributed by atoms with van der Waals surface area (Å²) in [6.07, 6.45) is 1.19. The van der Waals surface area contributed by atoms with Crippen molar-refractivity contribution in [1.29, 1.82) is 0 Å². The first-order valence-electron chi connectivity index (χ1n) is 8.00. The molecule has 2 aromatic carbocycles. The Morgan fingerprint density at radius 3 is 2.56 bits per heavy atom. The fourth-order valence-corrected chi connectivity index (χ4v) is 3.03. The first-order valence-corrected chi connectivity index (χ1v) is 8.79. The van der Waals surface area contributed by atoms with Gasteiger partial charge in [0.05, 0.1) is 12.1 Å². The Balaban J connectivity index is 1.50. The predicted molar refractivity (Wildman–Crippen MR) is 97.3 cm³/mol. The minimum absolute atomic E-state index is 0.453. The molecule has 0 fully saturated rings. The number of rotatable bonds is 4. The van der Waals surface area contributed by atoms with Crippen LogP contribution in [0.1, 0.15) is 36.3 Å². The van der Waals surface area contributed by atoms with Crippen LogP contribution in [0.2, 0.25) is 0 Å². The van der Waals surface area contributed by atoms with Gasteiger partial charge in [-0.2, -0.15) is 0 Å². The quantitative estimate of drug-likeness (QED) is 0.651. The van der Waals surface area contributed by atoms with E-state index < -0.39 is 5.60 Å². The molecule has 1 aliphatic heterocycles. The largest absolute Gasteiger partial charge is 0.421 e. The van der Waals surface area contributed by atoms with Crippen LogP contribution < -0.4 is 0 Å². The smallest absolute Gasteiger partial charge is 0.263 e. The minimum atomic E-state index is -0.732. The molecule has 1 unspecified atom stereocenters. The summed E-state index contributed by atoms with van der Waals surface area (Å²) in [6, 6.07) is 18.0. The fourth-order valence-electron chi connectivity index (χ4n) is 2.76. The third kappa shape index (κ3) is 3.35. The van der Waals surface area contributed by atoms with Crippen molar-refractivity contribution >= 4 is 21.6 Å². The third-order valence-electron chi connectivity index (χ3n) is 4.16. The van der Waals surface area contributed by atoms with Crippen LogP contribution in [0.15, 0.2) is 68.6 Å². The molecule has 2 heterocycles. The molecule has 0 spiro atoms. The summed E-state index contributed by atoms with van der Waals surface area (Å²) in [5.74, 6) is 1.03. The van der Waals surface area contributed by atoms with Crippen molar-refractivity contribution in [2.45, 2.75) is 25.4 Å². The number of benzene rings is 2. The molecule has 5 nitrogen and oxygen atoms in total. The molecule has 0 bridgehead atoms. The van der Waals surface area contributed by atoms with Gasteiger partial charge in [-0.15, -0.1) is 10.2 Å². The Morgan fingerprint density at radius 1 is 1.04 bits per heavy atom. The monoisotopic (exact) mass is 397 g/mol. The first-order chi connectivity index (χ1) is 12.1. The highest BCUT2D eigenvalue weighted by atomic mass is 79.9. The Hall–Kier alpha value is -2.47. The lowest BCUT2D eigenvalue weighted by atomic mass is 9.96. The van der Waals surface area contributed by atoms with Gasteiger partial charge in [0.15, 0.2) is 0 Å². The van der Waals surface area contributed by atoms with Crippen molar-refractivity contribution in [3.8, 4) is 0 Å². The standard InChI is InChI=1S/C19H16BrN3O2/c1-19(12-16(23-25-19)14-7-9-15(20)10-8-14)18-22-21-17(24-18)11-13-5-3-2-4-6-13/h2-10H,11-12H2,1H3. The lowest BCUT2D eigenvalue weighted by molar-refractivity contribution is -0.0285. The van der Waals surface area contributed by atoms with E-state index in [9.17, 15) is 0 Å². The van der Waals surface area contributed by atoms with Crippen molar-refractivity contribution in [3.63, 3.8) is 0 Å². The lowest BCUT2D eigenvalue weighted by Crippen LogP contribution is -2.22. The summed E-state index contributed by atoms with van der Waals surface area (Å²) in [7, 11) is 0. The van der Waals surface area contributed by atoms with Crippen LogP contribution >= 0.6 is 15.9 Å². The van der Waals surface area contributed by atoms with Crippen LogP contribution in [0.4, 0.5) is 0 Å². The van der Waals surface area contributed by atoms with Gasteiger partial charge in [-0.05, 0) is 30.2 Å². The van der Waals surface area contributed by atoms with E-state index in [1.807, 2.05) is 61.5 Å². The molecule has 1 aliphatic rings. The van der Waals surface area contributed by atoms with E-state index in [-0.39, 0.29) is 0 Å². The van der Waals surface area contributed by atoms with E-state index in [1.165, 1.54) is 0 Å². The maximum Gasteiger partial charge on any atom is 0.263 e. The average molecular weight is 398 g/mol. The third-order valence-corrected chi connectivity index (χ3v) is 4.69. The lowest BCUT2D eigenvalue weighted by Gasteiger charge is -2.16. The van der Waals surface area contributed by atoms with Gasteiger partial charge in [0.1, 0.15) is 0 Å². The van der Waals surface area contributed by atoms with Gasteiger partial charge in [0.2, 0.25) is 11.5 Å². The second kappa shape index (κ2) is 6.44. The van der Waals surface area contributed by atoms with Crippen molar-refractivity contribution in [1.82, 2.24) is 10.2 Å². The number of halogens is 1. The number of hydrogen-bond donors (Lipinski definition) is 0. The van der Waals surface area contributed by atoms with Crippen molar-refractivity contribution < 1.29 is 9.25 Å². The molecule has 0 N–H and O–H groups in total. The SMILES string of the molecule is CC1(c2nnc(Cc3ccccc3)o2)CC(c2ccc(Br)cc2)=NO1. The van der Waals surface area contributed by atoms with E-state index in [0.717, 1.165) is 21.3 Å². The Labute approximate surface area is 153 Å². The van der Waals surface area contributed by atoms with E-state index in [2.05, 4.69) is 31.3 Å². The van der Waals surface area contributed by atoms with Gasteiger partial charge < -0.3 is 9.25 Å². The number of aromatic nitrogens is 2. The Bertz CT molecular complexity index is 906. The summed E-state index contributed by atoms with van der Waals surface area (Å²) in [4.78, 5) is 5.67. The highest BCUT2D eigenvalue weighted by molar-refractivity contribution is 9.10. The molecule has 0 radical (unpaired) electrons. The van der Waals surface area contributed by atoms with E-state index in [4.69, 9.17) is 9.25 Å². The molecule has 25 heavy (non-hydrogen) atoms. The average Bonchev–Trinajstić information content (AvgIpc) is 3.25. The molecule has 6 heteroatoms. The second-order valence-electron chi connectivity index (χ2n) is 6.21. The number of oxime groups is 1. The number of hydrogen-bond acceptors (Lipinski definition) is 5. The molecule has 0 aliphatic carbocycles. The van der Waals surface area contributed by atoms with Gasteiger partial charge >= 0.3 is 0 Å². The molecule has 0 saturated carbocycles. The van der Waals surface area contributed by atoms with Gasteiger partial charge in [-0.25, -0.2) is 0 Å². The van der Waals surface area contributed by atoms with Crippen LogP contribution in [0.25, 0.3) is 0 Å². The van der Waals surface area contributed by atoms with Crippen molar-refractivity contribution in [2.75, 3.05) is 0 Å². The van der Waals surface area contributed by atoms with Crippen LogP contribution in [-0.2, 0) is 16.9 Å². The molecular weight excluding hydrogens is 382 g/mol. The van der Waals surface area contributed by atoms with E-state index >= 15 is 0 Å². The van der Waals surface area contributed by atoms with E-state index in [1.54, 1.807) is 0 Å². The zero-order valence-electron chi connectivity index (χ0n) is 13.6. The molecular formula is C19H16BrN3O2. The van der Waals surface area contributed by atoms with Crippen molar-refractivity contribution in [2.24, 2.45) is 5.16 Å². The zero-order valence-corrected chi connectivity index (χ0v) is 15.2. The summed E-state index contributed by atoms with van der Waals surface area (Å²) in [5, 5.41) is 12.6. The predicted octanol–water partition coefficient (Wildman–Crippen LogP) is 4.46. The highest BCUT2D eigenvalue weighted by Gasteiger charge is 2.41. The maximum absolute atomic E-state index is 5.85. The second-order valence-corrected chi connectivity index (χ2v) is 7.12. The summed E-state index contributed by atoms with van der Waals surface area (Å²) in [5.41, 5.74) is 2.29. The van der Waals surface area contributed by atoms with Crippen LogP contribution in [0.5, 0.6) is 0 Å². The Kier molecular flexibility index (Phi) is 4.13. The van der Waals surface area contributed by atoms with Crippen LogP contribution in [-0.4, -0.2) is 15.9 Å². The van der Waals surface area contributed by atoms with Crippen molar-refractivity contribution in [3.05, 3.63) is 82.0 Å². The molecule has 126 valence electrons. The molecule has 1 aromatic heterocycles. The molecule has 0 saturated heterocycles. The first kappa shape index (κ1) is 16.0. The van der Waals surface area contributed by atoms with Crippen LogP contribution in [0.3, 0.4) is 0 Å². The van der Waals surface area contributed by atoms with Gasteiger partial charge in [-0.3, -0.25) is 0 Å². The minimum Gasteiger partial charge on any atom is -0.421 e. The summed E-state index contributed by atoms with van der Waals surface area (Å²) in [6.45, 7) is 1.92. The van der Waals surface area contributed by atoms with Crippen LogP contribution in [0, 0.1) is 0 Å². The molecule has 0 amide bonds. The molecule has 4 rings (SSSR count). The summed E-state index contributed by atoms with van der Waals surface area (Å²) < 4.78 is 6.88. The normalized spacial score (nSPS) is 19.5. The molecule has 3 aromatic rings. The van der Waals surface area contributed by atoms with E-state index in [0.29, 0.717) is 24.6 Å². The highest BCUT2D eigenvalue weighted by Crippen LogP contribution is 2.35. The Morgan fingerprint density at radius 2 is 1.80 bits per heavy atom. The topological polar surface area (TPSA) is 60.5 Å². The fraction of sp³-hybridized carbons (Fsp3) is 0.211. The van der Waals surface area contributed by atoms with Gasteiger partial charge in [0, 0.05) is 10.9 Å². The summed E-state index contributed by atoms with van der Waals surface area (Å²) >= 11 is 3.44. The van der Waals surface area contributed by atoms with Gasteiger partial charge in [-0.1, -0.05) is 63.6 Å². The number of nitrogens with zero attached hydrogens (tertiary/aromatic N) is 3.